The van der Waals surface area contributed by atoms with Crippen molar-refractivity contribution in [2.24, 2.45) is 0 Å². The second-order valence-corrected chi connectivity index (χ2v) is 7.88. The Bertz CT molecular complexity index is 1460. The Morgan fingerprint density at radius 1 is 0.829 bits per heavy atom. The molecular weight excluding hydrogens is 448 g/mol. The predicted molar refractivity (Wildman–Crippen MR) is 133 cm³/mol. The predicted octanol–water partition coefficient (Wildman–Crippen LogP) is 5.84. The number of rotatable bonds is 7. The number of esters is 1. The second-order valence-electron chi connectivity index (χ2n) is 7.88. The van der Waals surface area contributed by atoms with Gasteiger partial charge in [0.2, 0.25) is 11.2 Å². The number of hydrogen-bond acceptors (Lipinski definition) is 7. The molecule has 0 aliphatic heterocycles. The summed E-state index contributed by atoms with van der Waals surface area (Å²) in [6.07, 6.45) is 4.15. The van der Waals surface area contributed by atoms with Gasteiger partial charge in [-0.3, -0.25) is 4.79 Å². The number of methoxy groups -OCH3 is 2. The van der Waals surface area contributed by atoms with Gasteiger partial charge in [0, 0.05) is 12.1 Å². The maximum atomic E-state index is 12.9. The molecule has 0 saturated heterocycles. The van der Waals surface area contributed by atoms with E-state index in [-0.39, 0.29) is 22.5 Å². The summed E-state index contributed by atoms with van der Waals surface area (Å²) in [4.78, 5) is 25.2. The molecule has 7 nitrogen and oxygen atoms in total. The Hall–Kier alpha value is -4.52. The first kappa shape index (κ1) is 23.6. The molecule has 0 saturated carbocycles. The van der Waals surface area contributed by atoms with Crippen LogP contribution in [0.1, 0.15) is 16.7 Å². The molecule has 7 heteroatoms. The molecule has 1 aromatic heterocycles. The van der Waals surface area contributed by atoms with Gasteiger partial charge in [-0.1, -0.05) is 12.1 Å². The van der Waals surface area contributed by atoms with Gasteiger partial charge in [-0.2, -0.15) is 0 Å². The van der Waals surface area contributed by atoms with Gasteiger partial charge in [-0.05, 0) is 73.0 Å². The number of ether oxygens (including phenoxy) is 4. The highest BCUT2D eigenvalue weighted by Crippen LogP contribution is 2.28. The van der Waals surface area contributed by atoms with Crippen LogP contribution < -0.4 is 24.4 Å². The zero-order valence-electron chi connectivity index (χ0n) is 19.8. The van der Waals surface area contributed by atoms with E-state index in [0.29, 0.717) is 22.6 Å². The maximum Gasteiger partial charge on any atom is 0.336 e. The Kier molecular flexibility index (Phi) is 6.87. The maximum absolute atomic E-state index is 12.9. The Morgan fingerprint density at radius 2 is 1.57 bits per heavy atom. The molecular formula is C28H24O7. The second kappa shape index (κ2) is 10.2. The van der Waals surface area contributed by atoms with Gasteiger partial charge >= 0.3 is 5.97 Å². The van der Waals surface area contributed by atoms with Gasteiger partial charge in [0.25, 0.3) is 0 Å². The summed E-state index contributed by atoms with van der Waals surface area (Å²) in [5.74, 6) is 1.42. The molecule has 0 spiro atoms. The van der Waals surface area contributed by atoms with Crippen molar-refractivity contribution in [3.8, 4) is 28.7 Å². The van der Waals surface area contributed by atoms with E-state index in [4.69, 9.17) is 23.4 Å². The quantitative estimate of drug-likeness (QED) is 0.190. The number of carbonyl (C=O) groups excluding carboxylic acids is 1. The molecule has 0 radical (unpaired) electrons. The molecule has 0 bridgehead atoms. The van der Waals surface area contributed by atoms with Crippen molar-refractivity contribution in [1.82, 2.24) is 0 Å². The Labute approximate surface area is 202 Å². The zero-order chi connectivity index (χ0) is 24.9. The number of hydrogen-bond donors (Lipinski definition) is 0. The summed E-state index contributed by atoms with van der Waals surface area (Å²) in [6.45, 7) is 3.91. The van der Waals surface area contributed by atoms with Crippen LogP contribution in [0.5, 0.6) is 28.7 Å². The minimum Gasteiger partial charge on any atom is -0.493 e. The topological polar surface area (TPSA) is 84.2 Å². The molecule has 0 fully saturated rings. The molecule has 1 heterocycles. The summed E-state index contributed by atoms with van der Waals surface area (Å²) >= 11 is 0. The van der Waals surface area contributed by atoms with Crippen LogP contribution in [0.15, 0.2) is 76.1 Å². The third-order valence-corrected chi connectivity index (χ3v) is 5.18. The normalized spacial score (nSPS) is 11.0. The summed E-state index contributed by atoms with van der Waals surface area (Å²) < 4.78 is 27.2. The van der Waals surface area contributed by atoms with Crippen LogP contribution in [-0.4, -0.2) is 20.2 Å². The van der Waals surface area contributed by atoms with E-state index in [1.165, 1.54) is 37.6 Å². The lowest BCUT2D eigenvalue weighted by atomic mass is 10.1. The average molecular weight is 472 g/mol. The summed E-state index contributed by atoms with van der Waals surface area (Å²) in [7, 11) is 3.09. The van der Waals surface area contributed by atoms with E-state index in [2.05, 4.69) is 0 Å². The van der Waals surface area contributed by atoms with E-state index in [9.17, 15) is 9.59 Å². The molecule has 4 aromatic rings. The van der Waals surface area contributed by atoms with Gasteiger partial charge in [-0.25, -0.2) is 4.79 Å². The van der Waals surface area contributed by atoms with E-state index in [1.54, 1.807) is 31.4 Å². The van der Waals surface area contributed by atoms with Crippen LogP contribution in [0, 0.1) is 13.8 Å². The van der Waals surface area contributed by atoms with Crippen molar-refractivity contribution in [2.45, 2.75) is 13.8 Å². The number of aryl methyl sites for hydroxylation is 2. The number of carbonyl (C=O) groups is 1. The van der Waals surface area contributed by atoms with Gasteiger partial charge < -0.3 is 23.4 Å². The minimum atomic E-state index is -0.587. The van der Waals surface area contributed by atoms with Crippen LogP contribution in [0.4, 0.5) is 0 Å². The standard InChI is InChI=1S/C28H24O7/c1-17-11-18(2)13-21(12-17)34-26-16-33-24-15-20(7-8-22(24)28(26)30)35-27(29)10-6-19-5-9-23(31-3)25(14-19)32-4/h5-16H,1-4H3. The van der Waals surface area contributed by atoms with Crippen LogP contribution in [0.2, 0.25) is 0 Å². The lowest BCUT2D eigenvalue weighted by Gasteiger charge is -2.08. The van der Waals surface area contributed by atoms with Crippen molar-refractivity contribution in [3.63, 3.8) is 0 Å². The third kappa shape index (κ3) is 5.52. The van der Waals surface area contributed by atoms with E-state index in [1.807, 2.05) is 32.0 Å². The first-order valence-electron chi connectivity index (χ1n) is 10.8. The van der Waals surface area contributed by atoms with Crippen molar-refractivity contribution in [2.75, 3.05) is 14.2 Å². The molecule has 0 atom stereocenters. The van der Waals surface area contributed by atoms with Crippen molar-refractivity contribution in [1.29, 1.82) is 0 Å². The molecule has 3 aromatic carbocycles. The fraction of sp³-hybridized carbons (Fsp3) is 0.143. The van der Waals surface area contributed by atoms with Crippen molar-refractivity contribution >= 4 is 23.0 Å². The van der Waals surface area contributed by atoms with Crippen LogP contribution in [0.25, 0.3) is 17.0 Å². The number of fused-ring (bicyclic) bond motifs is 1. The van der Waals surface area contributed by atoms with Crippen LogP contribution >= 0.6 is 0 Å². The van der Waals surface area contributed by atoms with Crippen LogP contribution in [-0.2, 0) is 4.79 Å². The molecule has 0 N–H and O–H groups in total. The van der Waals surface area contributed by atoms with Gasteiger partial charge in [-0.15, -0.1) is 0 Å². The van der Waals surface area contributed by atoms with E-state index < -0.39 is 5.97 Å². The van der Waals surface area contributed by atoms with E-state index >= 15 is 0 Å². The molecule has 35 heavy (non-hydrogen) atoms. The zero-order valence-corrected chi connectivity index (χ0v) is 19.8. The number of benzene rings is 3. The van der Waals surface area contributed by atoms with E-state index in [0.717, 1.165) is 16.7 Å². The highest BCUT2D eigenvalue weighted by atomic mass is 16.5. The summed E-state index contributed by atoms with van der Waals surface area (Å²) in [5.41, 5.74) is 2.74. The molecule has 0 amide bonds. The fourth-order valence-corrected chi connectivity index (χ4v) is 3.61. The van der Waals surface area contributed by atoms with Crippen molar-refractivity contribution < 1.29 is 28.2 Å². The van der Waals surface area contributed by atoms with Gasteiger partial charge in [0.15, 0.2) is 11.5 Å². The van der Waals surface area contributed by atoms with Gasteiger partial charge in [0.1, 0.15) is 23.3 Å². The largest absolute Gasteiger partial charge is 0.493 e. The minimum absolute atomic E-state index is 0.0742. The lowest BCUT2D eigenvalue weighted by molar-refractivity contribution is -0.128. The van der Waals surface area contributed by atoms with Crippen molar-refractivity contribution in [3.05, 3.63) is 93.9 Å². The first-order valence-corrected chi connectivity index (χ1v) is 10.8. The smallest absolute Gasteiger partial charge is 0.336 e. The average Bonchev–Trinajstić information content (AvgIpc) is 2.83. The Morgan fingerprint density at radius 3 is 2.29 bits per heavy atom. The lowest BCUT2D eigenvalue weighted by Crippen LogP contribution is -2.06. The highest BCUT2D eigenvalue weighted by Gasteiger charge is 2.12. The SMILES string of the molecule is COc1ccc(C=CC(=O)Oc2ccc3c(=O)c(Oc4cc(C)cc(C)c4)coc3c2)cc1OC. The third-order valence-electron chi connectivity index (χ3n) is 5.18. The Balaban J connectivity index is 1.50. The molecule has 0 aliphatic carbocycles. The van der Waals surface area contributed by atoms with Gasteiger partial charge in [0.05, 0.1) is 19.6 Å². The molecule has 4 rings (SSSR count). The highest BCUT2D eigenvalue weighted by molar-refractivity contribution is 5.89. The first-order chi connectivity index (χ1) is 16.9. The molecule has 178 valence electrons. The summed E-state index contributed by atoms with van der Waals surface area (Å²) in [5, 5.41) is 0.313. The molecule has 0 unspecified atom stereocenters. The monoisotopic (exact) mass is 472 g/mol. The fourth-order valence-electron chi connectivity index (χ4n) is 3.61. The molecule has 0 aliphatic rings. The summed E-state index contributed by atoms with van der Waals surface area (Å²) in [6, 6.07) is 15.5. The van der Waals surface area contributed by atoms with Crippen LogP contribution in [0.3, 0.4) is 0 Å².